The van der Waals surface area contributed by atoms with Crippen molar-refractivity contribution in [2.45, 2.75) is 6.61 Å². The molecule has 1 N–H and O–H groups in total. The Balaban J connectivity index is 1.72. The molecule has 2 heterocycles. The van der Waals surface area contributed by atoms with Gasteiger partial charge in [-0.05, 0) is 23.8 Å². The predicted molar refractivity (Wildman–Crippen MR) is 101 cm³/mol. The van der Waals surface area contributed by atoms with Crippen molar-refractivity contribution in [2.24, 2.45) is 0 Å². The van der Waals surface area contributed by atoms with Crippen LogP contribution in [0.3, 0.4) is 0 Å². The number of nitrogens with one attached hydrogen (secondary N) is 1. The minimum atomic E-state index is -0.214. The van der Waals surface area contributed by atoms with Crippen LogP contribution in [0.15, 0.2) is 35.7 Å². The molecule has 1 amide bonds. The van der Waals surface area contributed by atoms with Crippen LogP contribution in [0.1, 0.15) is 15.9 Å². The highest BCUT2D eigenvalue weighted by Crippen LogP contribution is 2.39. The Labute approximate surface area is 157 Å². The number of aromatic nitrogens is 1. The smallest absolute Gasteiger partial charge is 0.257 e. The molecule has 24 heavy (non-hydrogen) atoms. The molecule has 0 aliphatic carbocycles. The molecule has 0 unspecified atom stereocenters. The number of methoxy groups -OCH3 is 1. The van der Waals surface area contributed by atoms with Crippen LogP contribution in [0.25, 0.3) is 11.3 Å². The summed E-state index contributed by atoms with van der Waals surface area (Å²) in [5.74, 6) is -0.214. The number of anilines is 1. The van der Waals surface area contributed by atoms with E-state index in [1.54, 1.807) is 25.3 Å². The first kappa shape index (κ1) is 17.4. The summed E-state index contributed by atoms with van der Waals surface area (Å²) in [6.07, 6.45) is 0. The quantitative estimate of drug-likeness (QED) is 0.610. The van der Waals surface area contributed by atoms with E-state index in [2.05, 4.69) is 10.3 Å². The van der Waals surface area contributed by atoms with Crippen molar-refractivity contribution in [1.82, 2.24) is 4.98 Å². The Morgan fingerprint density at radius 1 is 1.29 bits per heavy atom. The van der Waals surface area contributed by atoms with Crippen LogP contribution in [-0.2, 0) is 11.3 Å². The van der Waals surface area contributed by atoms with Crippen molar-refractivity contribution in [3.05, 3.63) is 55.5 Å². The fraction of sp³-hybridized carbons (Fsp3) is 0.125. The number of nitrogens with zero attached hydrogens (tertiary/aromatic N) is 1. The molecule has 124 valence electrons. The van der Waals surface area contributed by atoms with Crippen LogP contribution in [0.4, 0.5) is 5.13 Å². The highest BCUT2D eigenvalue weighted by Gasteiger charge is 2.14. The summed E-state index contributed by atoms with van der Waals surface area (Å²) in [6.45, 7) is 0.516. The molecular weight excluding hydrogens is 387 g/mol. The largest absolute Gasteiger partial charge is 0.380 e. The van der Waals surface area contributed by atoms with Gasteiger partial charge < -0.3 is 4.74 Å². The maximum atomic E-state index is 12.3. The zero-order valence-corrected chi connectivity index (χ0v) is 15.7. The Morgan fingerprint density at radius 3 is 2.67 bits per heavy atom. The van der Waals surface area contributed by atoms with Gasteiger partial charge in [0.05, 0.1) is 16.6 Å². The Hall–Kier alpha value is -1.44. The summed E-state index contributed by atoms with van der Waals surface area (Å²) in [5.41, 5.74) is 3.03. The van der Waals surface area contributed by atoms with Gasteiger partial charge >= 0.3 is 0 Å². The van der Waals surface area contributed by atoms with Crippen molar-refractivity contribution in [3.63, 3.8) is 0 Å². The van der Waals surface area contributed by atoms with Crippen LogP contribution < -0.4 is 5.32 Å². The molecular formula is C16H12Cl2N2O2S2. The van der Waals surface area contributed by atoms with Gasteiger partial charge in [0.2, 0.25) is 0 Å². The molecule has 0 aliphatic rings. The van der Waals surface area contributed by atoms with E-state index in [-0.39, 0.29) is 5.91 Å². The number of hydrogen-bond acceptors (Lipinski definition) is 5. The van der Waals surface area contributed by atoms with Gasteiger partial charge in [0.15, 0.2) is 5.13 Å². The minimum Gasteiger partial charge on any atom is -0.380 e. The summed E-state index contributed by atoms with van der Waals surface area (Å²) >= 11 is 14.7. The molecule has 0 aliphatic heterocycles. The molecule has 0 bridgehead atoms. The number of rotatable bonds is 5. The molecule has 0 fully saturated rings. The van der Waals surface area contributed by atoms with Crippen molar-refractivity contribution in [3.8, 4) is 11.3 Å². The van der Waals surface area contributed by atoms with E-state index in [0.29, 0.717) is 31.7 Å². The van der Waals surface area contributed by atoms with Crippen LogP contribution in [0.5, 0.6) is 0 Å². The van der Waals surface area contributed by atoms with Crippen molar-refractivity contribution >= 4 is 56.9 Å². The average Bonchev–Trinajstić information content (AvgIpc) is 3.14. The van der Waals surface area contributed by atoms with E-state index in [9.17, 15) is 4.79 Å². The summed E-state index contributed by atoms with van der Waals surface area (Å²) in [7, 11) is 1.63. The number of thiophene rings is 1. The first-order chi connectivity index (χ1) is 11.6. The maximum absolute atomic E-state index is 12.3. The second-order valence-electron chi connectivity index (χ2n) is 4.86. The molecule has 0 saturated heterocycles. The number of carbonyl (C=O) groups excluding carboxylic acids is 1. The van der Waals surface area contributed by atoms with Crippen molar-refractivity contribution in [1.29, 1.82) is 0 Å². The molecule has 0 radical (unpaired) electrons. The molecule has 3 rings (SSSR count). The summed E-state index contributed by atoms with van der Waals surface area (Å²) in [6, 6.07) is 9.00. The lowest BCUT2D eigenvalue weighted by Gasteiger charge is -2.03. The number of thiazole rings is 1. The summed E-state index contributed by atoms with van der Waals surface area (Å²) in [5, 5.41) is 5.13. The zero-order valence-electron chi connectivity index (χ0n) is 12.5. The SMILES string of the molecule is COCc1ccc(C(=O)Nc2nc(-c3cc(Cl)sc3Cl)cs2)cc1. The Morgan fingerprint density at radius 2 is 2.04 bits per heavy atom. The summed E-state index contributed by atoms with van der Waals surface area (Å²) < 4.78 is 6.23. The number of halogens is 2. The third-order valence-electron chi connectivity index (χ3n) is 3.18. The first-order valence-corrected chi connectivity index (χ1v) is 9.32. The molecule has 4 nitrogen and oxygen atoms in total. The monoisotopic (exact) mass is 398 g/mol. The molecule has 0 saturated carbocycles. The second-order valence-corrected chi connectivity index (χ2v) is 8.00. The number of hydrogen-bond donors (Lipinski definition) is 1. The average molecular weight is 399 g/mol. The number of benzene rings is 1. The van der Waals surface area contributed by atoms with Gasteiger partial charge in [-0.25, -0.2) is 4.98 Å². The fourth-order valence-corrected chi connectivity index (χ4v) is 4.24. The van der Waals surface area contributed by atoms with Crippen LogP contribution in [0, 0.1) is 0 Å². The highest BCUT2D eigenvalue weighted by molar-refractivity contribution is 7.20. The summed E-state index contributed by atoms with van der Waals surface area (Å²) in [4.78, 5) is 16.7. The van der Waals surface area contributed by atoms with Gasteiger partial charge in [0.25, 0.3) is 5.91 Å². The fourth-order valence-electron chi connectivity index (χ4n) is 2.06. The van der Waals surface area contributed by atoms with Gasteiger partial charge in [0, 0.05) is 23.6 Å². The van der Waals surface area contributed by atoms with Crippen LogP contribution >= 0.6 is 45.9 Å². The van der Waals surface area contributed by atoms with E-state index in [1.807, 2.05) is 17.5 Å². The molecule has 2 aromatic heterocycles. The van der Waals surface area contributed by atoms with Crippen molar-refractivity contribution < 1.29 is 9.53 Å². The van der Waals surface area contributed by atoms with Gasteiger partial charge in [-0.15, -0.1) is 22.7 Å². The van der Waals surface area contributed by atoms with E-state index in [4.69, 9.17) is 27.9 Å². The highest BCUT2D eigenvalue weighted by atomic mass is 35.5. The van der Waals surface area contributed by atoms with Crippen molar-refractivity contribution in [2.75, 3.05) is 12.4 Å². The van der Waals surface area contributed by atoms with Gasteiger partial charge in [0.1, 0.15) is 4.34 Å². The number of ether oxygens (including phenoxy) is 1. The van der Waals surface area contributed by atoms with E-state index < -0.39 is 0 Å². The standard InChI is InChI=1S/C16H12Cl2N2O2S2/c1-22-7-9-2-4-10(5-3-9)15(21)20-16-19-12(8-23-16)11-6-13(17)24-14(11)18/h2-6,8H,7H2,1H3,(H,19,20,21). The van der Waals surface area contributed by atoms with Crippen LogP contribution in [0.2, 0.25) is 8.67 Å². The first-order valence-electron chi connectivity index (χ1n) is 6.87. The molecule has 3 aromatic rings. The minimum absolute atomic E-state index is 0.214. The lowest BCUT2D eigenvalue weighted by Crippen LogP contribution is -2.11. The molecule has 1 aromatic carbocycles. The normalized spacial score (nSPS) is 10.8. The molecule has 0 spiro atoms. The topological polar surface area (TPSA) is 51.2 Å². The molecule has 0 atom stereocenters. The third kappa shape index (κ3) is 3.96. The lowest BCUT2D eigenvalue weighted by atomic mass is 10.1. The number of amides is 1. The maximum Gasteiger partial charge on any atom is 0.257 e. The van der Waals surface area contributed by atoms with E-state index in [0.717, 1.165) is 11.1 Å². The molecule has 8 heteroatoms. The van der Waals surface area contributed by atoms with Gasteiger partial charge in [-0.3, -0.25) is 10.1 Å². The van der Waals surface area contributed by atoms with E-state index in [1.165, 1.54) is 22.7 Å². The number of carbonyl (C=O) groups is 1. The third-order valence-corrected chi connectivity index (χ3v) is 5.43. The Kier molecular flexibility index (Phi) is 5.53. The van der Waals surface area contributed by atoms with E-state index >= 15 is 0 Å². The zero-order chi connectivity index (χ0) is 17.1. The predicted octanol–water partition coefficient (Wildman–Crippen LogP) is 5.58. The lowest BCUT2D eigenvalue weighted by molar-refractivity contribution is 0.102. The van der Waals surface area contributed by atoms with Crippen LogP contribution in [-0.4, -0.2) is 18.0 Å². The second kappa shape index (κ2) is 7.63. The van der Waals surface area contributed by atoms with Gasteiger partial charge in [-0.1, -0.05) is 35.3 Å². The Bertz CT molecular complexity index is 859. The van der Waals surface area contributed by atoms with Gasteiger partial charge in [-0.2, -0.15) is 0 Å².